The summed E-state index contributed by atoms with van der Waals surface area (Å²) in [4.78, 5) is 4.45. The quantitative estimate of drug-likeness (QED) is 0.304. The lowest BCUT2D eigenvalue weighted by molar-refractivity contribution is -0.0504. The molecule has 3 rings (SSSR count). The largest absolute Gasteiger partial charge is 0.434 e. The summed E-state index contributed by atoms with van der Waals surface area (Å²) in [5, 5.41) is 15.2. The summed E-state index contributed by atoms with van der Waals surface area (Å²) in [5.41, 5.74) is 1.30. The lowest BCUT2D eigenvalue weighted by Gasteiger charge is -2.13. The van der Waals surface area contributed by atoms with Gasteiger partial charge in [0.05, 0.1) is 6.54 Å². The van der Waals surface area contributed by atoms with Gasteiger partial charge in [0.15, 0.2) is 11.6 Å². The van der Waals surface area contributed by atoms with E-state index in [1.807, 2.05) is 35.7 Å². The highest BCUT2D eigenvalue weighted by Gasteiger charge is 2.11. The molecule has 1 aromatic carbocycles. The minimum Gasteiger partial charge on any atom is -0.434 e. The van der Waals surface area contributed by atoms with Crippen LogP contribution in [0.2, 0.25) is 5.02 Å². The van der Waals surface area contributed by atoms with Gasteiger partial charge < -0.3 is 15.4 Å². The van der Waals surface area contributed by atoms with Crippen LogP contribution < -0.4 is 15.4 Å². The average Bonchev–Trinajstić information content (AvgIpc) is 3.14. The van der Waals surface area contributed by atoms with Crippen molar-refractivity contribution in [1.82, 2.24) is 25.2 Å². The summed E-state index contributed by atoms with van der Waals surface area (Å²) in [7, 11) is 0. The van der Waals surface area contributed by atoms with E-state index < -0.39 is 6.61 Å². The van der Waals surface area contributed by atoms with E-state index in [4.69, 9.17) is 11.6 Å². The van der Waals surface area contributed by atoms with Gasteiger partial charge in [0.1, 0.15) is 11.6 Å². The summed E-state index contributed by atoms with van der Waals surface area (Å²) in [6.45, 7) is 0.505. The Bertz CT molecular complexity index is 994. The first-order valence-corrected chi connectivity index (χ1v) is 9.98. The van der Waals surface area contributed by atoms with E-state index in [2.05, 4.69) is 30.6 Å². The van der Waals surface area contributed by atoms with Gasteiger partial charge in [0, 0.05) is 36.3 Å². The van der Waals surface area contributed by atoms with Crippen molar-refractivity contribution >= 4 is 23.2 Å². The number of ether oxygens (including phenoxy) is 1. The third-order valence-corrected chi connectivity index (χ3v) is 4.48. The van der Waals surface area contributed by atoms with Crippen molar-refractivity contribution in [3.8, 4) is 5.75 Å². The smallest absolute Gasteiger partial charge is 0.387 e. The van der Waals surface area contributed by atoms with Gasteiger partial charge in [-0.2, -0.15) is 8.78 Å². The number of guanidine groups is 1. The minimum absolute atomic E-state index is 0.0627. The molecular formula is C20H23ClF2N6O. The highest BCUT2D eigenvalue weighted by atomic mass is 35.5. The van der Waals surface area contributed by atoms with Gasteiger partial charge in [-0.3, -0.25) is 4.40 Å². The van der Waals surface area contributed by atoms with Crippen LogP contribution >= 0.6 is 11.6 Å². The van der Waals surface area contributed by atoms with Crippen molar-refractivity contribution in [2.45, 2.75) is 32.9 Å². The zero-order chi connectivity index (χ0) is 21.3. The number of aryl methyl sites for hydroxylation is 1. The lowest BCUT2D eigenvalue weighted by atomic mass is 10.2. The second-order valence-electron chi connectivity index (χ2n) is 6.40. The fourth-order valence-corrected chi connectivity index (χ4v) is 3.10. The van der Waals surface area contributed by atoms with Crippen LogP contribution in [0.5, 0.6) is 5.75 Å². The van der Waals surface area contributed by atoms with Crippen LogP contribution in [0.15, 0.2) is 47.6 Å². The van der Waals surface area contributed by atoms with Gasteiger partial charge in [-0.15, -0.1) is 10.2 Å². The predicted octanol–water partition coefficient (Wildman–Crippen LogP) is 3.67. The Kier molecular flexibility index (Phi) is 7.78. The lowest BCUT2D eigenvalue weighted by Crippen LogP contribution is -2.37. The maximum Gasteiger partial charge on any atom is 0.387 e. The van der Waals surface area contributed by atoms with Crippen molar-refractivity contribution in [2.24, 2.45) is 4.99 Å². The first-order valence-electron chi connectivity index (χ1n) is 9.61. The Balaban J connectivity index is 1.58. The van der Waals surface area contributed by atoms with Crippen molar-refractivity contribution in [1.29, 1.82) is 0 Å². The zero-order valence-electron chi connectivity index (χ0n) is 16.5. The molecule has 10 heteroatoms. The molecule has 0 atom stereocenters. The average molecular weight is 437 g/mol. The van der Waals surface area contributed by atoms with Crippen LogP contribution in [0.3, 0.4) is 0 Å². The summed E-state index contributed by atoms with van der Waals surface area (Å²) < 4.78 is 31.7. The van der Waals surface area contributed by atoms with Gasteiger partial charge in [-0.05, 0) is 43.7 Å². The van der Waals surface area contributed by atoms with Crippen LogP contribution in [0.4, 0.5) is 8.78 Å². The molecule has 0 saturated carbocycles. The number of halogens is 3. The normalized spacial score (nSPS) is 11.8. The topological polar surface area (TPSA) is 75.8 Å². The molecule has 0 aliphatic carbocycles. The molecule has 160 valence electrons. The third-order valence-electron chi connectivity index (χ3n) is 4.24. The fourth-order valence-electron chi connectivity index (χ4n) is 2.90. The number of hydrogen-bond donors (Lipinski definition) is 2. The molecule has 0 aliphatic heterocycles. The molecule has 30 heavy (non-hydrogen) atoms. The molecule has 2 heterocycles. The molecule has 2 N–H and O–H groups in total. The van der Waals surface area contributed by atoms with E-state index in [1.165, 1.54) is 12.1 Å². The maximum absolute atomic E-state index is 12.6. The molecule has 0 radical (unpaired) electrons. The number of aromatic nitrogens is 3. The number of alkyl halides is 2. The summed E-state index contributed by atoms with van der Waals surface area (Å²) in [6, 6.07) is 10.3. The number of benzene rings is 1. The Morgan fingerprint density at radius 3 is 2.90 bits per heavy atom. The van der Waals surface area contributed by atoms with Crippen LogP contribution in [-0.4, -0.2) is 40.3 Å². The highest BCUT2D eigenvalue weighted by molar-refractivity contribution is 6.30. The molecular weight excluding hydrogens is 414 g/mol. The molecule has 0 saturated heterocycles. The Hall–Kier alpha value is -2.94. The number of aliphatic imine (C=N–C) groups is 1. The van der Waals surface area contributed by atoms with E-state index in [0.717, 1.165) is 24.3 Å². The molecule has 2 aromatic heterocycles. The predicted molar refractivity (Wildman–Crippen MR) is 112 cm³/mol. The van der Waals surface area contributed by atoms with Crippen LogP contribution in [0.25, 0.3) is 5.65 Å². The molecule has 0 aliphatic rings. The Labute approximate surface area is 178 Å². The molecule has 0 fully saturated rings. The van der Waals surface area contributed by atoms with Crippen molar-refractivity contribution in [3.05, 3.63) is 59.0 Å². The van der Waals surface area contributed by atoms with E-state index in [1.54, 1.807) is 6.07 Å². The number of pyridine rings is 1. The first-order chi connectivity index (χ1) is 14.6. The van der Waals surface area contributed by atoms with Gasteiger partial charge in [-0.1, -0.05) is 17.7 Å². The zero-order valence-corrected chi connectivity index (χ0v) is 17.2. The van der Waals surface area contributed by atoms with Gasteiger partial charge in [0.25, 0.3) is 0 Å². The second kappa shape index (κ2) is 10.7. The van der Waals surface area contributed by atoms with Crippen molar-refractivity contribution in [3.63, 3.8) is 0 Å². The molecule has 7 nitrogen and oxygen atoms in total. The molecule has 0 bridgehead atoms. The van der Waals surface area contributed by atoms with Crippen molar-refractivity contribution < 1.29 is 13.5 Å². The van der Waals surface area contributed by atoms with E-state index in [0.29, 0.717) is 29.6 Å². The molecule has 3 aromatic rings. The van der Waals surface area contributed by atoms with E-state index in [-0.39, 0.29) is 12.3 Å². The van der Waals surface area contributed by atoms with Crippen LogP contribution in [0.1, 0.15) is 24.7 Å². The first kappa shape index (κ1) is 21.8. The maximum atomic E-state index is 12.6. The van der Waals surface area contributed by atoms with Gasteiger partial charge >= 0.3 is 6.61 Å². The Morgan fingerprint density at radius 1 is 1.23 bits per heavy atom. The summed E-state index contributed by atoms with van der Waals surface area (Å²) >= 11 is 5.99. The number of nitrogens with one attached hydrogen (secondary N) is 2. The molecule has 0 unspecified atom stereocenters. The summed E-state index contributed by atoms with van der Waals surface area (Å²) in [5.74, 6) is 1.53. The monoisotopic (exact) mass is 436 g/mol. The Morgan fingerprint density at radius 2 is 2.10 bits per heavy atom. The number of rotatable bonds is 9. The fraction of sp³-hybridized carbons (Fsp3) is 0.350. The number of nitrogens with zero attached hydrogens (tertiary/aromatic N) is 4. The second-order valence-corrected chi connectivity index (χ2v) is 6.84. The van der Waals surface area contributed by atoms with Gasteiger partial charge in [-0.25, -0.2) is 4.99 Å². The van der Waals surface area contributed by atoms with Crippen LogP contribution in [0, 0.1) is 0 Å². The molecule has 0 amide bonds. The molecule has 0 spiro atoms. The van der Waals surface area contributed by atoms with Crippen molar-refractivity contribution in [2.75, 3.05) is 13.1 Å². The van der Waals surface area contributed by atoms with E-state index in [9.17, 15) is 8.78 Å². The minimum atomic E-state index is -2.91. The third kappa shape index (κ3) is 6.03. The number of fused-ring (bicyclic) bond motifs is 1. The highest BCUT2D eigenvalue weighted by Crippen LogP contribution is 2.25. The van der Waals surface area contributed by atoms with E-state index >= 15 is 0 Å². The standard InChI is InChI=1S/C20H23ClF2N6O/c1-2-24-20(26-13-14-12-15(21)8-9-16(14)30-19(22)23)25-10-5-7-18-28-27-17-6-3-4-11-29(17)18/h3-4,6,8-9,11-12,19H,2,5,7,10,13H2,1H3,(H2,24,25,26). The number of hydrogen-bond acceptors (Lipinski definition) is 4. The summed E-state index contributed by atoms with van der Waals surface area (Å²) in [6.07, 6.45) is 3.50. The SMILES string of the molecule is CCNC(=NCc1cc(Cl)ccc1OC(F)F)NCCCc1nnc2ccccn12. The van der Waals surface area contributed by atoms with Gasteiger partial charge in [0.2, 0.25) is 0 Å². The van der Waals surface area contributed by atoms with Crippen LogP contribution in [-0.2, 0) is 13.0 Å².